The van der Waals surface area contributed by atoms with Crippen LogP contribution in [0.3, 0.4) is 0 Å². The number of carbonyl (C=O) groups excluding carboxylic acids is 1. The van der Waals surface area contributed by atoms with Crippen LogP contribution in [-0.4, -0.2) is 54.9 Å². The van der Waals surface area contributed by atoms with Crippen molar-refractivity contribution < 1.29 is 22.0 Å². The number of carbonyl (C=O) groups is 1. The minimum absolute atomic E-state index is 0.0155. The van der Waals surface area contributed by atoms with Gasteiger partial charge in [-0.05, 0) is 43.3 Å². The lowest BCUT2D eigenvalue weighted by molar-refractivity contribution is 0.101. The first-order chi connectivity index (χ1) is 14.4. The zero-order chi connectivity index (χ0) is 21.3. The Balaban J connectivity index is 1.44. The molecule has 1 fully saturated rings. The van der Waals surface area contributed by atoms with Crippen LogP contribution in [0, 0.1) is 0 Å². The molecule has 1 aliphatic rings. The van der Waals surface area contributed by atoms with Gasteiger partial charge in [0.15, 0.2) is 11.5 Å². The van der Waals surface area contributed by atoms with Crippen molar-refractivity contribution in [1.82, 2.24) is 14.5 Å². The maximum atomic E-state index is 13.0. The second-order valence-corrected chi connectivity index (χ2v) is 8.84. The predicted molar refractivity (Wildman–Crippen MR) is 109 cm³/mol. The molecule has 0 N–H and O–H groups in total. The van der Waals surface area contributed by atoms with Gasteiger partial charge in [-0.2, -0.15) is 4.31 Å². The Kier molecular flexibility index (Phi) is 5.44. The summed E-state index contributed by atoms with van der Waals surface area (Å²) in [4.78, 5) is 13.5. The van der Waals surface area contributed by atoms with E-state index in [0.29, 0.717) is 44.1 Å². The van der Waals surface area contributed by atoms with Gasteiger partial charge in [-0.1, -0.05) is 6.92 Å². The fourth-order valence-electron chi connectivity index (χ4n) is 3.29. The molecule has 3 aromatic rings. The number of rotatable bonds is 6. The lowest BCUT2D eigenvalue weighted by Gasteiger charge is -2.34. The average Bonchev–Trinajstić information content (AvgIpc) is 3.43. The van der Waals surface area contributed by atoms with Crippen molar-refractivity contribution in [3.05, 3.63) is 47.9 Å². The molecule has 0 bridgehead atoms. The van der Waals surface area contributed by atoms with Crippen molar-refractivity contribution in [2.75, 3.05) is 31.1 Å². The third kappa shape index (κ3) is 3.88. The standard InChI is InChI=1S/C20H22N4O5S/c1-3-18-21-22-20(29-18)17-8-9-19(28-17)30(26,27)24-12-10-23(11-13-24)16-6-4-15(5-7-16)14(2)25/h4-9H,3,10-13H2,1-2H3. The van der Waals surface area contributed by atoms with E-state index < -0.39 is 10.0 Å². The molecule has 0 spiro atoms. The van der Waals surface area contributed by atoms with Crippen molar-refractivity contribution in [2.24, 2.45) is 0 Å². The van der Waals surface area contributed by atoms with Gasteiger partial charge in [0.05, 0.1) is 0 Å². The summed E-state index contributed by atoms with van der Waals surface area (Å²) in [6, 6.07) is 10.3. The first-order valence-electron chi connectivity index (χ1n) is 9.67. The van der Waals surface area contributed by atoms with Crippen LogP contribution in [0.1, 0.15) is 30.1 Å². The maximum Gasteiger partial charge on any atom is 0.283 e. The minimum Gasteiger partial charge on any atom is -0.438 e. The van der Waals surface area contributed by atoms with Gasteiger partial charge in [0.2, 0.25) is 11.0 Å². The molecule has 1 aromatic carbocycles. The highest BCUT2D eigenvalue weighted by Gasteiger charge is 2.31. The third-order valence-electron chi connectivity index (χ3n) is 5.03. The lowest BCUT2D eigenvalue weighted by Crippen LogP contribution is -2.48. The van der Waals surface area contributed by atoms with Crippen molar-refractivity contribution in [3.8, 4) is 11.7 Å². The van der Waals surface area contributed by atoms with E-state index in [4.69, 9.17) is 8.83 Å². The molecule has 0 atom stereocenters. The number of sulfonamides is 1. The van der Waals surface area contributed by atoms with Gasteiger partial charge in [-0.25, -0.2) is 8.42 Å². The Morgan fingerprint density at radius 2 is 1.70 bits per heavy atom. The molecule has 3 heterocycles. The normalized spacial score (nSPS) is 15.5. The Morgan fingerprint density at radius 3 is 2.30 bits per heavy atom. The van der Waals surface area contributed by atoms with Crippen LogP contribution < -0.4 is 4.90 Å². The minimum atomic E-state index is -3.77. The van der Waals surface area contributed by atoms with E-state index in [1.54, 1.807) is 12.1 Å². The Labute approximate surface area is 174 Å². The second kappa shape index (κ2) is 8.04. The highest BCUT2D eigenvalue weighted by Crippen LogP contribution is 2.27. The molecular weight excluding hydrogens is 408 g/mol. The molecule has 30 heavy (non-hydrogen) atoms. The van der Waals surface area contributed by atoms with E-state index >= 15 is 0 Å². The van der Waals surface area contributed by atoms with Gasteiger partial charge in [0.25, 0.3) is 15.9 Å². The molecule has 0 saturated carbocycles. The molecule has 0 aliphatic carbocycles. The van der Waals surface area contributed by atoms with Crippen LogP contribution >= 0.6 is 0 Å². The van der Waals surface area contributed by atoms with Crippen molar-refractivity contribution >= 4 is 21.5 Å². The summed E-state index contributed by atoms with van der Waals surface area (Å²) >= 11 is 0. The van der Waals surface area contributed by atoms with Gasteiger partial charge in [-0.15, -0.1) is 10.2 Å². The van der Waals surface area contributed by atoms with E-state index in [1.165, 1.54) is 23.4 Å². The molecule has 158 valence electrons. The molecule has 2 aromatic heterocycles. The van der Waals surface area contributed by atoms with E-state index in [1.807, 2.05) is 19.1 Å². The summed E-state index contributed by atoms with van der Waals surface area (Å²) in [5, 5.41) is 7.60. The summed E-state index contributed by atoms with van der Waals surface area (Å²) in [7, 11) is -3.77. The quantitative estimate of drug-likeness (QED) is 0.549. The number of Topliss-reactive ketones (excluding diaryl/α,β-unsaturated/α-hetero) is 1. The van der Waals surface area contributed by atoms with Crippen LogP contribution in [0.2, 0.25) is 0 Å². The number of hydrogen-bond donors (Lipinski definition) is 0. The number of hydrogen-bond acceptors (Lipinski definition) is 8. The molecule has 1 saturated heterocycles. The Morgan fingerprint density at radius 1 is 1.00 bits per heavy atom. The fourth-order valence-corrected chi connectivity index (χ4v) is 4.62. The first kappa shape index (κ1) is 20.3. The highest BCUT2D eigenvalue weighted by molar-refractivity contribution is 7.89. The third-order valence-corrected chi connectivity index (χ3v) is 6.81. The summed E-state index contributed by atoms with van der Waals surface area (Å²) in [5.74, 6) is 0.858. The fraction of sp³-hybridized carbons (Fsp3) is 0.350. The zero-order valence-corrected chi connectivity index (χ0v) is 17.6. The van der Waals surface area contributed by atoms with Gasteiger partial charge in [0, 0.05) is 43.9 Å². The molecule has 1 aliphatic heterocycles. The van der Waals surface area contributed by atoms with E-state index in [9.17, 15) is 13.2 Å². The van der Waals surface area contributed by atoms with Gasteiger partial charge >= 0.3 is 0 Å². The monoisotopic (exact) mass is 430 g/mol. The van der Waals surface area contributed by atoms with E-state index in [2.05, 4.69) is 15.1 Å². The molecule has 0 radical (unpaired) electrons. The van der Waals surface area contributed by atoms with Gasteiger partial charge in [-0.3, -0.25) is 4.79 Å². The summed E-state index contributed by atoms with van der Waals surface area (Å²) in [6.45, 7) is 5.14. The number of anilines is 1. The van der Waals surface area contributed by atoms with Crippen molar-refractivity contribution in [1.29, 1.82) is 0 Å². The summed E-state index contributed by atoms with van der Waals surface area (Å²) in [6.07, 6.45) is 0.584. The molecule has 0 amide bonds. The smallest absolute Gasteiger partial charge is 0.283 e. The number of ketones is 1. The number of furan rings is 1. The molecule has 0 unspecified atom stereocenters. The van der Waals surface area contributed by atoms with E-state index in [0.717, 1.165) is 5.69 Å². The van der Waals surface area contributed by atoms with Crippen LogP contribution in [0.5, 0.6) is 0 Å². The van der Waals surface area contributed by atoms with Gasteiger partial charge in [0.1, 0.15) is 0 Å². The summed E-state index contributed by atoms with van der Waals surface area (Å²) < 4.78 is 38.3. The molecule has 10 heteroatoms. The van der Waals surface area contributed by atoms with Crippen LogP contribution in [0.4, 0.5) is 5.69 Å². The molecular formula is C20H22N4O5S. The molecule has 9 nitrogen and oxygen atoms in total. The van der Waals surface area contributed by atoms with Crippen LogP contribution in [0.15, 0.2) is 50.3 Å². The topological polar surface area (TPSA) is 110 Å². The average molecular weight is 430 g/mol. The SMILES string of the molecule is CCc1nnc(-c2ccc(S(=O)(=O)N3CCN(c4ccc(C(C)=O)cc4)CC3)o2)o1. The molecule has 4 rings (SSSR count). The van der Waals surface area contributed by atoms with Crippen LogP contribution in [0.25, 0.3) is 11.7 Å². The van der Waals surface area contributed by atoms with Crippen molar-refractivity contribution in [2.45, 2.75) is 25.4 Å². The number of aryl methyl sites for hydroxylation is 1. The Hall–Kier alpha value is -2.98. The zero-order valence-electron chi connectivity index (χ0n) is 16.7. The number of piperazine rings is 1. The first-order valence-corrected chi connectivity index (χ1v) is 11.1. The van der Waals surface area contributed by atoms with Gasteiger partial charge < -0.3 is 13.7 Å². The Bertz CT molecular complexity index is 1140. The number of aromatic nitrogens is 2. The largest absolute Gasteiger partial charge is 0.438 e. The maximum absolute atomic E-state index is 13.0. The number of nitrogens with zero attached hydrogens (tertiary/aromatic N) is 4. The van der Waals surface area contributed by atoms with E-state index in [-0.39, 0.29) is 22.5 Å². The highest BCUT2D eigenvalue weighted by atomic mass is 32.2. The second-order valence-electron chi connectivity index (χ2n) is 6.97. The predicted octanol–water partition coefficient (Wildman–Crippen LogP) is 2.61. The lowest BCUT2D eigenvalue weighted by atomic mass is 10.1. The van der Waals surface area contributed by atoms with Crippen molar-refractivity contribution in [3.63, 3.8) is 0 Å². The number of benzene rings is 1. The van der Waals surface area contributed by atoms with Crippen LogP contribution in [-0.2, 0) is 16.4 Å². The summed E-state index contributed by atoms with van der Waals surface area (Å²) in [5.41, 5.74) is 1.61.